The summed E-state index contributed by atoms with van der Waals surface area (Å²) in [7, 11) is 0. The summed E-state index contributed by atoms with van der Waals surface area (Å²) < 4.78 is 5.49. The zero-order valence-corrected chi connectivity index (χ0v) is 16.7. The summed E-state index contributed by atoms with van der Waals surface area (Å²) in [4.78, 5) is 21.1. The number of benzene rings is 1. The first kappa shape index (κ1) is 19.9. The van der Waals surface area contributed by atoms with Crippen molar-refractivity contribution in [2.45, 2.75) is 26.9 Å². The molecule has 7 heteroatoms. The Morgan fingerprint density at radius 1 is 1.15 bits per heavy atom. The monoisotopic (exact) mass is 390 g/mol. The molecule has 1 aromatic carbocycles. The van der Waals surface area contributed by atoms with Crippen molar-refractivity contribution < 1.29 is 9.21 Å². The second-order valence-electron chi connectivity index (χ2n) is 7.41. The molecule has 0 bridgehead atoms. The van der Waals surface area contributed by atoms with E-state index in [4.69, 9.17) is 16.0 Å². The molecule has 0 atom stereocenters. The first-order valence-electron chi connectivity index (χ1n) is 9.41. The molecule has 2 heterocycles. The Labute approximate surface area is 165 Å². The fraction of sp³-hybridized carbons (Fsp3) is 0.500. The zero-order valence-electron chi connectivity index (χ0n) is 15.9. The van der Waals surface area contributed by atoms with Crippen LogP contribution in [0, 0.1) is 5.92 Å². The molecule has 3 rings (SSSR count). The van der Waals surface area contributed by atoms with Gasteiger partial charge in [-0.1, -0.05) is 37.6 Å². The van der Waals surface area contributed by atoms with E-state index in [-0.39, 0.29) is 5.91 Å². The number of hydrogen-bond acceptors (Lipinski definition) is 5. The molecule has 1 aliphatic rings. The fourth-order valence-electron chi connectivity index (χ4n) is 3.02. The van der Waals surface area contributed by atoms with Crippen LogP contribution in [0.15, 0.2) is 34.9 Å². The maximum atomic E-state index is 12.0. The summed E-state index contributed by atoms with van der Waals surface area (Å²) in [6.07, 6.45) is 1.45. The van der Waals surface area contributed by atoms with Gasteiger partial charge in [-0.15, -0.1) is 0 Å². The number of aromatic nitrogens is 1. The van der Waals surface area contributed by atoms with E-state index in [0.29, 0.717) is 30.6 Å². The van der Waals surface area contributed by atoms with E-state index in [9.17, 15) is 4.79 Å². The second-order valence-corrected chi connectivity index (χ2v) is 7.85. The van der Waals surface area contributed by atoms with Crippen molar-refractivity contribution in [1.82, 2.24) is 20.1 Å². The number of halogens is 1. The smallest absolute Gasteiger partial charge is 0.273 e. The number of rotatable bonds is 7. The molecule has 0 aliphatic carbocycles. The van der Waals surface area contributed by atoms with Crippen molar-refractivity contribution >= 4 is 17.5 Å². The SMILES string of the molecule is CC(C)CNC(=O)c1coc(CN2CCN(Cc3ccc(Cl)cc3)CC2)n1. The molecule has 1 saturated heterocycles. The lowest BCUT2D eigenvalue weighted by Gasteiger charge is -2.34. The maximum Gasteiger partial charge on any atom is 0.273 e. The van der Waals surface area contributed by atoms with Crippen LogP contribution in [0.25, 0.3) is 0 Å². The third kappa shape index (κ3) is 6.06. The summed E-state index contributed by atoms with van der Waals surface area (Å²) in [6, 6.07) is 8.02. The highest BCUT2D eigenvalue weighted by molar-refractivity contribution is 6.30. The fourth-order valence-corrected chi connectivity index (χ4v) is 3.15. The van der Waals surface area contributed by atoms with Gasteiger partial charge < -0.3 is 9.73 Å². The summed E-state index contributed by atoms with van der Waals surface area (Å²) in [5, 5.41) is 3.63. The van der Waals surface area contributed by atoms with Crippen molar-refractivity contribution in [3.63, 3.8) is 0 Å². The Hall–Kier alpha value is -1.89. The molecule has 2 aromatic rings. The van der Waals surface area contributed by atoms with Gasteiger partial charge in [-0.25, -0.2) is 4.98 Å². The minimum Gasteiger partial charge on any atom is -0.447 e. The molecule has 1 fully saturated rings. The van der Waals surface area contributed by atoms with Crippen molar-refractivity contribution in [1.29, 1.82) is 0 Å². The van der Waals surface area contributed by atoms with Gasteiger partial charge in [-0.05, 0) is 23.6 Å². The maximum absolute atomic E-state index is 12.0. The number of oxazole rings is 1. The van der Waals surface area contributed by atoms with E-state index in [2.05, 4.69) is 46.1 Å². The molecule has 27 heavy (non-hydrogen) atoms. The van der Waals surface area contributed by atoms with E-state index in [1.54, 1.807) is 0 Å². The lowest BCUT2D eigenvalue weighted by Crippen LogP contribution is -2.45. The molecule has 146 valence electrons. The van der Waals surface area contributed by atoms with Crippen LogP contribution in [0.1, 0.15) is 35.8 Å². The standard InChI is InChI=1S/C20H27ClN4O2/c1-15(2)11-22-20(26)18-14-27-19(23-18)13-25-9-7-24(8-10-25)12-16-3-5-17(21)6-4-16/h3-6,14-15H,7-13H2,1-2H3,(H,22,26). The van der Waals surface area contributed by atoms with Gasteiger partial charge in [0.15, 0.2) is 5.69 Å². The van der Waals surface area contributed by atoms with Gasteiger partial charge in [-0.3, -0.25) is 14.6 Å². The Balaban J connectivity index is 1.44. The van der Waals surface area contributed by atoms with Gasteiger partial charge in [0.05, 0.1) is 6.54 Å². The Kier molecular flexibility index (Phi) is 6.88. The van der Waals surface area contributed by atoms with Crippen LogP contribution in [-0.4, -0.2) is 53.4 Å². The quantitative estimate of drug-likeness (QED) is 0.787. The minimum absolute atomic E-state index is 0.175. The van der Waals surface area contributed by atoms with Crippen molar-refractivity contribution in [2.75, 3.05) is 32.7 Å². The van der Waals surface area contributed by atoms with Crippen molar-refractivity contribution in [3.05, 3.63) is 52.7 Å². The van der Waals surface area contributed by atoms with Crippen LogP contribution in [-0.2, 0) is 13.1 Å². The van der Waals surface area contributed by atoms with Crippen LogP contribution in [0.3, 0.4) is 0 Å². The summed E-state index contributed by atoms with van der Waals surface area (Å²) >= 11 is 5.94. The number of nitrogens with one attached hydrogen (secondary N) is 1. The summed E-state index contributed by atoms with van der Waals surface area (Å²) in [5.74, 6) is 0.826. The van der Waals surface area contributed by atoms with E-state index < -0.39 is 0 Å². The Morgan fingerprint density at radius 2 is 1.78 bits per heavy atom. The molecule has 0 unspecified atom stereocenters. The number of nitrogens with zero attached hydrogens (tertiary/aromatic N) is 3. The van der Waals surface area contributed by atoms with Gasteiger partial charge in [0, 0.05) is 44.3 Å². The third-order valence-corrected chi connectivity index (χ3v) is 4.85. The van der Waals surface area contributed by atoms with Crippen LogP contribution < -0.4 is 5.32 Å². The number of piperazine rings is 1. The van der Waals surface area contributed by atoms with Crippen LogP contribution in [0.5, 0.6) is 0 Å². The highest BCUT2D eigenvalue weighted by atomic mass is 35.5. The Morgan fingerprint density at radius 3 is 2.41 bits per heavy atom. The van der Waals surface area contributed by atoms with Crippen molar-refractivity contribution in [3.8, 4) is 0 Å². The molecule has 6 nitrogen and oxygen atoms in total. The normalized spacial score (nSPS) is 16.0. The van der Waals surface area contributed by atoms with Crippen LogP contribution in [0.4, 0.5) is 0 Å². The summed E-state index contributed by atoms with van der Waals surface area (Å²) in [6.45, 7) is 10.2. The molecule has 0 saturated carbocycles. The molecule has 1 amide bonds. The molecule has 1 N–H and O–H groups in total. The number of amides is 1. The zero-order chi connectivity index (χ0) is 19.2. The van der Waals surface area contributed by atoms with Crippen LogP contribution in [0.2, 0.25) is 5.02 Å². The third-order valence-electron chi connectivity index (χ3n) is 4.60. The lowest BCUT2D eigenvalue weighted by atomic mass is 10.2. The number of hydrogen-bond donors (Lipinski definition) is 1. The average molecular weight is 391 g/mol. The highest BCUT2D eigenvalue weighted by Crippen LogP contribution is 2.14. The molecular weight excluding hydrogens is 364 g/mol. The van der Waals surface area contributed by atoms with Gasteiger partial charge >= 0.3 is 0 Å². The van der Waals surface area contributed by atoms with Crippen molar-refractivity contribution in [2.24, 2.45) is 5.92 Å². The number of carbonyl (C=O) groups is 1. The van der Waals surface area contributed by atoms with Gasteiger partial charge in [0.1, 0.15) is 6.26 Å². The topological polar surface area (TPSA) is 61.6 Å². The predicted molar refractivity (Wildman–Crippen MR) is 106 cm³/mol. The van der Waals surface area contributed by atoms with E-state index in [1.807, 2.05) is 12.1 Å². The summed E-state index contributed by atoms with van der Waals surface area (Å²) in [5.41, 5.74) is 1.63. The predicted octanol–water partition coefficient (Wildman–Crippen LogP) is 3.03. The van der Waals surface area contributed by atoms with E-state index >= 15 is 0 Å². The molecule has 1 aromatic heterocycles. The minimum atomic E-state index is -0.175. The second kappa shape index (κ2) is 9.35. The van der Waals surface area contributed by atoms with Gasteiger partial charge in [0.2, 0.25) is 5.89 Å². The van der Waals surface area contributed by atoms with E-state index in [1.165, 1.54) is 11.8 Å². The number of carbonyl (C=O) groups excluding carboxylic acids is 1. The molecule has 0 spiro atoms. The Bertz CT molecular complexity index is 737. The lowest BCUT2D eigenvalue weighted by molar-refractivity contribution is 0.0943. The van der Waals surface area contributed by atoms with Gasteiger partial charge in [-0.2, -0.15) is 0 Å². The van der Waals surface area contributed by atoms with Gasteiger partial charge in [0.25, 0.3) is 5.91 Å². The average Bonchev–Trinajstić information content (AvgIpc) is 3.12. The molecule has 0 radical (unpaired) electrons. The molecular formula is C20H27ClN4O2. The van der Waals surface area contributed by atoms with Crippen LogP contribution >= 0.6 is 11.6 Å². The first-order chi connectivity index (χ1) is 13.0. The van der Waals surface area contributed by atoms with E-state index in [0.717, 1.165) is 37.7 Å². The largest absolute Gasteiger partial charge is 0.447 e. The highest BCUT2D eigenvalue weighted by Gasteiger charge is 2.20. The molecule has 1 aliphatic heterocycles. The first-order valence-corrected chi connectivity index (χ1v) is 9.79.